The first-order chi connectivity index (χ1) is 4.00. The first kappa shape index (κ1) is 8.14. The van der Waals surface area contributed by atoms with Gasteiger partial charge >= 0.3 is 0 Å². The minimum Gasteiger partial charge on any atom is -0.264 e. The molecule has 0 amide bonds. The molecule has 0 bridgehead atoms. The summed E-state index contributed by atoms with van der Waals surface area (Å²) in [4.78, 5) is 9.87. The van der Waals surface area contributed by atoms with Crippen LogP contribution in [-0.4, -0.2) is 10.5 Å². The minimum atomic E-state index is -0.845. The highest BCUT2D eigenvalue weighted by molar-refractivity contribution is 4.78. The molecule has 0 aromatic rings. The Kier molecular flexibility index (Phi) is 2.37. The summed E-state index contributed by atoms with van der Waals surface area (Å²) >= 11 is 0. The molecule has 3 heteroatoms. The van der Waals surface area contributed by atoms with E-state index in [2.05, 4.69) is 6.58 Å². The Morgan fingerprint density at radius 2 is 2.22 bits per heavy atom. The molecule has 0 unspecified atom stereocenters. The van der Waals surface area contributed by atoms with Crippen molar-refractivity contribution in [2.24, 2.45) is 0 Å². The predicted octanol–water partition coefficient (Wildman–Crippen LogP) is 1.62. The molecular formula is C6H11NO2. The lowest BCUT2D eigenvalue weighted by Crippen LogP contribution is -2.29. The lowest BCUT2D eigenvalue weighted by molar-refractivity contribution is -0.559. The maximum atomic E-state index is 10.2. The van der Waals surface area contributed by atoms with E-state index in [1.54, 1.807) is 19.9 Å². The van der Waals surface area contributed by atoms with E-state index in [1.165, 1.54) is 0 Å². The fraction of sp³-hybridized carbons (Fsp3) is 0.667. The van der Waals surface area contributed by atoms with Crippen molar-refractivity contribution in [2.45, 2.75) is 25.8 Å². The van der Waals surface area contributed by atoms with Crippen LogP contribution in [0.3, 0.4) is 0 Å². The van der Waals surface area contributed by atoms with Gasteiger partial charge in [0.15, 0.2) is 0 Å². The number of hydrogen-bond acceptors (Lipinski definition) is 2. The summed E-state index contributed by atoms with van der Waals surface area (Å²) < 4.78 is 0. The number of nitro groups is 1. The van der Waals surface area contributed by atoms with Gasteiger partial charge in [0.25, 0.3) is 0 Å². The van der Waals surface area contributed by atoms with Crippen LogP contribution < -0.4 is 0 Å². The first-order valence-corrected chi connectivity index (χ1v) is 2.76. The molecule has 0 atom stereocenters. The van der Waals surface area contributed by atoms with Gasteiger partial charge in [-0.1, -0.05) is 6.08 Å². The second-order valence-electron chi connectivity index (χ2n) is 2.56. The van der Waals surface area contributed by atoms with Gasteiger partial charge in [0, 0.05) is 25.2 Å². The molecule has 0 aliphatic rings. The van der Waals surface area contributed by atoms with E-state index in [-0.39, 0.29) is 4.92 Å². The zero-order valence-electron chi connectivity index (χ0n) is 5.76. The Morgan fingerprint density at radius 1 is 1.78 bits per heavy atom. The normalized spacial score (nSPS) is 10.9. The zero-order valence-corrected chi connectivity index (χ0v) is 5.76. The van der Waals surface area contributed by atoms with E-state index < -0.39 is 5.54 Å². The van der Waals surface area contributed by atoms with E-state index in [0.29, 0.717) is 6.42 Å². The van der Waals surface area contributed by atoms with E-state index in [1.807, 2.05) is 0 Å². The van der Waals surface area contributed by atoms with Crippen LogP contribution >= 0.6 is 0 Å². The van der Waals surface area contributed by atoms with Gasteiger partial charge in [-0.2, -0.15) is 0 Å². The number of rotatable bonds is 3. The Bertz CT molecular complexity index is 129. The van der Waals surface area contributed by atoms with E-state index in [0.717, 1.165) is 0 Å². The molecule has 3 nitrogen and oxygen atoms in total. The van der Waals surface area contributed by atoms with Crippen LogP contribution in [0.15, 0.2) is 12.7 Å². The third kappa shape index (κ3) is 2.26. The second kappa shape index (κ2) is 2.62. The van der Waals surface area contributed by atoms with Gasteiger partial charge in [-0.05, 0) is 0 Å². The maximum absolute atomic E-state index is 10.2. The summed E-state index contributed by atoms with van der Waals surface area (Å²) in [6, 6.07) is 0. The topological polar surface area (TPSA) is 43.1 Å². The summed E-state index contributed by atoms with van der Waals surface area (Å²) in [5.41, 5.74) is -0.845. The molecule has 0 rings (SSSR count). The third-order valence-corrected chi connectivity index (χ3v) is 1.14. The Labute approximate surface area is 54.5 Å². The quantitative estimate of drug-likeness (QED) is 0.330. The van der Waals surface area contributed by atoms with Crippen molar-refractivity contribution in [2.75, 3.05) is 0 Å². The van der Waals surface area contributed by atoms with Gasteiger partial charge in [0.1, 0.15) is 0 Å². The Hall–Kier alpha value is -0.860. The zero-order chi connectivity index (χ0) is 7.49. The molecule has 0 aliphatic carbocycles. The standard InChI is InChI=1S/C6H11NO2/c1-4-5-6(2,3)7(8)9/h4H,1,5H2,2-3H3. The smallest absolute Gasteiger partial charge is 0.220 e. The van der Waals surface area contributed by atoms with Crippen LogP contribution in [0.1, 0.15) is 20.3 Å². The predicted molar refractivity (Wildman–Crippen MR) is 35.9 cm³/mol. The lowest BCUT2D eigenvalue weighted by Gasteiger charge is -2.11. The van der Waals surface area contributed by atoms with E-state index in [4.69, 9.17) is 0 Å². The van der Waals surface area contributed by atoms with Crippen LogP contribution in [0.25, 0.3) is 0 Å². The lowest BCUT2D eigenvalue weighted by atomic mass is 10.0. The number of nitrogens with zero attached hydrogens (tertiary/aromatic N) is 1. The maximum Gasteiger partial charge on any atom is 0.220 e. The van der Waals surface area contributed by atoms with E-state index >= 15 is 0 Å². The molecule has 0 saturated heterocycles. The average molecular weight is 129 g/mol. The highest BCUT2D eigenvalue weighted by Gasteiger charge is 2.27. The van der Waals surface area contributed by atoms with Crippen LogP contribution in [0.5, 0.6) is 0 Å². The van der Waals surface area contributed by atoms with Crippen molar-refractivity contribution in [3.63, 3.8) is 0 Å². The molecule has 52 valence electrons. The summed E-state index contributed by atoms with van der Waals surface area (Å²) in [6.07, 6.45) is 1.98. The molecule has 0 spiro atoms. The van der Waals surface area contributed by atoms with Gasteiger partial charge in [-0.25, -0.2) is 0 Å². The van der Waals surface area contributed by atoms with Gasteiger partial charge in [-0.15, -0.1) is 6.58 Å². The minimum absolute atomic E-state index is 0.297. The molecule has 0 N–H and O–H groups in total. The molecule has 0 aromatic carbocycles. The van der Waals surface area contributed by atoms with Crippen molar-refractivity contribution in [1.82, 2.24) is 0 Å². The molecule has 0 fully saturated rings. The highest BCUT2D eigenvalue weighted by atomic mass is 16.6. The van der Waals surface area contributed by atoms with Crippen molar-refractivity contribution >= 4 is 0 Å². The van der Waals surface area contributed by atoms with Gasteiger partial charge in [0.05, 0.1) is 0 Å². The molecule has 0 aromatic heterocycles. The van der Waals surface area contributed by atoms with Crippen molar-refractivity contribution < 1.29 is 4.92 Å². The van der Waals surface area contributed by atoms with Crippen molar-refractivity contribution in [3.05, 3.63) is 22.8 Å². The molecule has 0 saturated carbocycles. The number of hydrogen-bond donors (Lipinski definition) is 0. The van der Waals surface area contributed by atoms with Crippen LogP contribution in [-0.2, 0) is 0 Å². The SMILES string of the molecule is C=CCC(C)(C)[N+](=O)[O-]. The van der Waals surface area contributed by atoms with Gasteiger partial charge in [0.2, 0.25) is 5.54 Å². The third-order valence-electron chi connectivity index (χ3n) is 1.14. The monoisotopic (exact) mass is 129 g/mol. The molecule has 9 heavy (non-hydrogen) atoms. The summed E-state index contributed by atoms with van der Waals surface area (Å²) in [6.45, 7) is 6.58. The summed E-state index contributed by atoms with van der Waals surface area (Å²) in [5, 5.41) is 10.2. The Morgan fingerprint density at radius 3 is 2.33 bits per heavy atom. The van der Waals surface area contributed by atoms with Crippen LogP contribution in [0.2, 0.25) is 0 Å². The molecule has 0 aliphatic heterocycles. The molecular weight excluding hydrogens is 118 g/mol. The summed E-state index contributed by atoms with van der Waals surface area (Å²) in [5.74, 6) is 0. The second-order valence-corrected chi connectivity index (χ2v) is 2.56. The van der Waals surface area contributed by atoms with Crippen LogP contribution in [0, 0.1) is 10.1 Å². The fourth-order valence-electron chi connectivity index (χ4n) is 0.428. The molecule has 0 radical (unpaired) electrons. The summed E-state index contributed by atoms with van der Waals surface area (Å²) in [7, 11) is 0. The van der Waals surface area contributed by atoms with Crippen molar-refractivity contribution in [3.8, 4) is 0 Å². The van der Waals surface area contributed by atoms with Gasteiger partial charge in [-0.3, -0.25) is 10.1 Å². The Balaban J connectivity index is 4.00. The largest absolute Gasteiger partial charge is 0.264 e. The fourth-order valence-corrected chi connectivity index (χ4v) is 0.428. The van der Waals surface area contributed by atoms with Gasteiger partial charge < -0.3 is 0 Å². The average Bonchev–Trinajstić information content (AvgIpc) is 1.65. The molecule has 0 heterocycles. The van der Waals surface area contributed by atoms with Crippen LogP contribution in [0.4, 0.5) is 0 Å². The van der Waals surface area contributed by atoms with Crippen molar-refractivity contribution in [1.29, 1.82) is 0 Å². The first-order valence-electron chi connectivity index (χ1n) is 2.76. The highest BCUT2D eigenvalue weighted by Crippen LogP contribution is 2.12. The van der Waals surface area contributed by atoms with E-state index in [9.17, 15) is 10.1 Å².